The molecule has 6 rings (SSSR count). The summed E-state index contributed by atoms with van der Waals surface area (Å²) >= 11 is 2.85. The second kappa shape index (κ2) is 8.48. The molecule has 2 aliphatic carbocycles. The number of methoxy groups -OCH3 is 1. The Morgan fingerprint density at radius 1 is 1.14 bits per heavy atom. The second-order valence-electron chi connectivity index (χ2n) is 10.8. The Kier molecular flexibility index (Phi) is 5.60. The van der Waals surface area contributed by atoms with Crippen LogP contribution >= 0.6 is 23.1 Å². The number of imide groups is 1. The average Bonchev–Trinajstić information content (AvgIpc) is 3.56. The smallest absolute Gasteiger partial charge is 0.326 e. The Labute approximate surface area is 216 Å². The molecule has 0 spiro atoms. The molecule has 3 heterocycles. The molecule has 0 unspecified atom stereocenters. The standard InChI is InChI=1S/C26H28N2O6S2/c1-10(2)8-15(25(31)32)28-23(29)18-13-9-14(19(18)24(28)30)20-17(13)16(11-4-6-12(34-3)7-5-11)21-22(35-20)27-26(33)36-21/h4-7,10,13-20H,8-9H2,1-3H3,(H,27,33)(H,31,32)/t13-,14+,15-,16+,17-,18+,19-,20-/m1/s1. The molecule has 1 aromatic carbocycles. The number of likely N-dealkylation sites (tertiary alicyclic amines) is 1. The number of fused-ring (bicyclic) bond motifs is 9. The fourth-order valence-electron chi connectivity index (χ4n) is 7.29. The summed E-state index contributed by atoms with van der Waals surface area (Å²) < 4.78 is 5.34. The number of aromatic amines is 1. The van der Waals surface area contributed by atoms with Crippen LogP contribution in [0.1, 0.15) is 43.0 Å². The third kappa shape index (κ3) is 3.33. The molecule has 10 heteroatoms. The molecule has 2 saturated carbocycles. The summed E-state index contributed by atoms with van der Waals surface area (Å²) in [5.41, 5.74) is 1.06. The third-order valence-electron chi connectivity index (χ3n) is 8.52. The zero-order chi connectivity index (χ0) is 25.5. The predicted molar refractivity (Wildman–Crippen MR) is 134 cm³/mol. The largest absolute Gasteiger partial charge is 0.497 e. The number of amides is 2. The van der Waals surface area contributed by atoms with Crippen LogP contribution in [0.5, 0.6) is 5.75 Å². The second-order valence-corrected chi connectivity index (χ2v) is 13.0. The van der Waals surface area contributed by atoms with Crippen LogP contribution in [0, 0.1) is 35.5 Å². The SMILES string of the molecule is COc1ccc([C@@H]2c3sc(=O)[nH]c3S[C@@H]3[C@H]4C[C@@H]([C@@H]5C(=O)N([C@H](CC(C)C)C(=O)O)C(=O)[C@H]45)[C@H]23)cc1. The maximum absolute atomic E-state index is 13.7. The molecule has 2 N–H and O–H groups in total. The van der Waals surface area contributed by atoms with E-state index in [1.54, 1.807) is 18.9 Å². The minimum Gasteiger partial charge on any atom is -0.497 e. The number of hydrogen-bond donors (Lipinski definition) is 2. The Bertz CT molecular complexity index is 1300. The number of thiazole rings is 1. The van der Waals surface area contributed by atoms with Gasteiger partial charge in [0.25, 0.3) is 0 Å². The van der Waals surface area contributed by atoms with E-state index in [4.69, 9.17) is 4.74 Å². The molecule has 36 heavy (non-hydrogen) atoms. The Morgan fingerprint density at radius 2 is 1.81 bits per heavy atom. The van der Waals surface area contributed by atoms with E-state index in [0.29, 0.717) is 0 Å². The summed E-state index contributed by atoms with van der Waals surface area (Å²) in [5.74, 6) is -2.01. The van der Waals surface area contributed by atoms with Gasteiger partial charge in [0, 0.05) is 16.0 Å². The highest BCUT2D eigenvalue weighted by molar-refractivity contribution is 8.00. The molecule has 8 nitrogen and oxygen atoms in total. The van der Waals surface area contributed by atoms with Crippen molar-refractivity contribution in [1.29, 1.82) is 0 Å². The van der Waals surface area contributed by atoms with E-state index in [1.165, 1.54) is 11.3 Å². The maximum atomic E-state index is 13.7. The number of ether oxygens (including phenoxy) is 1. The minimum atomic E-state index is -1.12. The number of thioether (sulfide) groups is 1. The fraction of sp³-hybridized carbons (Fsp3) is 0.538. The zero-order valence-electron chi connectivity index (χ0n) is 20.2. The summed E-state index contributed by atoms with van der Waals surface area (Å²) in [5, 5.41) is 10.8. The number of nitrogens with zero attached hydrogens (tertiary/aromatic N) is 1. The van der Waals surface area contributed by atoms with E-state index in [9.17, 15) is 24.3 Å². The molecule has 2 amide bonds. The van der Waals surface area contributed by atoms with Crippen molar-refractivity contribution in [3.63, 3.8) is 0 Å². The van der Waals surface area contributed by atoms with Crippen molar-refractivity contribution in [2.45, 2.75) is 48.9 Å². The van der Waals surface area contributed by atoms with Crippen molar-refractivity contribution in [3.8, 4) is 5.75 Å². The van der Waals surface area contributed by atoms with Crippen LogP contribution in [0.4, 0.5) is 0 Å². The average molecular weight is 529 g/mol. The lowest BCUT2D eigenvalue weighted by molar-refractivity contribution is -0.156. The molecular formula is C26H28N2O6S2. The predicted octanol–water partition coefficient (Wildman–Crippen LogP) is 3.42. The number of carboxylic acid groups (broad SMARTS) is 1. The van der Waals surface area contributed by atoms with Gasteiger partial charge in [-0.3, -0.25) is 19.3 Å². The molecule has 190 valence electrons. The molecule has 2 aromatic rings. The van der Waals surface area contributed by atoms with Crippen LogP contribution in [-0.2, 0) is 14.4 Å². The first-order chi connectivity index (χ1) is 17.2. The first-order valence-corrected chi connectivity index (χ1v) is 14.0. The van der Waals surface area contributed by atoms with Crippen LogP contribution in [0.15, 0.2) is 34.1 Å². The van der Waals surface area contributed by atoms with Crippen molar-refractivity contribution < 1.29 is 24.2 Å². The van der Waals surface area contributed by atoms with E-state index in [2.05, 4.69) is 4.98 Å². The molecule has 3 fully saturated rings. The molecule has 1 aromatic heterocycles. The Hall–Kier alpha value is -2.59. The highest BCUT2D eigenvalue weighted by Gasteiger charge is 2.70. The van der Waals surface area contributed by atoms with Gasteiger partial charge in [-0.05, 0) is 54.2 Å². The Morgan fingerprint density at radius 3 is 2.42 bits per heavy atom. The summed E-state index contributed by atoms with van der Waals surface area (Å²) in [7, 11) is 1.62. The summed E-state index contributed by atoms with van der Waals surface area (Å²) in [6.07, 6.45) is 1.02. The number of aliphatic carboxylic acids is 1. The quantitative estimate of drug-likeness (QED) is 0.552. The first-order valence-electron chi connectivity index (χ1n) is 12.3. The minimum absolute atomic E-state index is 0.0257. The summed E-state index contributed by atoms with van der Waals surface area (Å²) in [4.78, 5) is 56.8. The number of aromatic nitrogens is 1. The van der Waals surface area contributed by atoms with Gasteiger partial charge in [0.1, 0.15) is 11.8 Å². The van der Waals surface area contributed by atoms with E-state index >= 15 is 0 Å². The lowest BCUT2D eigenvalue weighted by Gasteiger charge is -2.43. The van der Waals surface area contributed by atoms with Crippen LogP contribution in [0.25, 0.3) is 0 Å². The fourth-order valence-corrected chi connectivity index (χ4v) is 10.2. The monoisotopic (exact) mass is 528 g/mol. The van der Waals surface area contributed by atoms with Crippen molar-refractivity contribution >= 4 is 40.9 Å². The van der Waals surface area contributed by atoms with E-state index in [0.717, 1.165) is 32.5 Å². The topological polar surface area (TPSA) is 117 Å². The van der Waals surface area contributed by atoms with Gasteiger partial charge in [-0.25, -0.2) is 4.79 Å². The maximum Gasteiger partial charge on any atom is 0.326 e. The Balaban J connectivity index is 1.41. The molecule has 0 radical (unpaired) electrons. The molecule has 4 aliphatic rings. The van der Waals surface area contributed by atoms with Gasteiger partial charge < -0.3 is 14.8 Å². The van der Waals surface area contributed by atoms with Crippen molar-refractivity contribution in [2.24, 2.45) is 35.5 Å². The third-order valence-corrected chi connectivity index (χ3v) is 11.1. The molecule has 8 atom stereocenters. The number of nitrogens with one attached hydrogen (secondary N) is 1. The van der Waals surface area contributed by atoms with Crippen LogP contribution < -0.4 is 9.61 Å². The van der Waals surface area contributed by atoms with Gasteiger partial charge in [0.15, 0.2) is 0 Å². The highest BCUT2D eigenvalue weighted by Crippen LogP contribution is 2.68. The molecule has 1 saturated heterocycles. The molecule has 2 aliphatic heterocycles. The van der Waals surface area contributed by atoms with Gasteiger partial charge in [-0.1, -0.05) is 37.3 Å². The number of carbonyl (C=O) groups excluding carboxylic acids is 2. The summed E-state index contributed by atoms with van der Waals surface area (Å²) in [6.45, 7) is 3.80. The zero-order valence-corrected chi connectivity index (χ0v) is 21.8. The number of hydrogen-bond acceptors (Lipinski definition) is 7. The van der Waals surface area contributed by atoms with Crippen molar-refractivity contribution in [2.75, 3.05) is 7.11 Å². The number of carbonyl (C=O) groups is 3. The van der Waals surface area contributed by atoms with E-state index in [-0.39, 0.29) is 57.9 Å². The van der Waals surface area contributed by atoms with Gasteiger partial charge in [-0.2, -0.15) is 0 Å². The van der Waals surface area contributed by atoms with Crippen LogP contribution in [-0.4, -0.2) is 51.2 Å². The molecular weight excluding hydrogens is 500 g/mol. The van der Waals surface area contributed by atoms with Gasteiger partial charge in [0.2, 0.25) is 11.8 Å². The van der Waals surface area contributed by atoms with Crippen LogP contribution in [0.2, 0.25) is 0 Å². The van der Waals surface area contributed by atoms with Crippen LogP contribution in [0.3, 0.4) is 0 Å². The van der Waals surface area contributed by atoms with Gasteiger partial charge >= 0.3 is 10.8 Å². The lowest BCUT2D eigenvalue weighted by Crippen LogP contribution is -2.47. The van der Waals surface area contributed by atoms with Gasteiger partial charge in [-0.15, -0.1) is 11.8 Å². The normalized spacial score (nSPS) is 33.0. The molecule has 2 bridgehead atoms. The van der Waals surface area contributed by atoms with Crippen molar-refractivity contribution in [3.05, 3.63) is 44.4 Å². The number of H-pyrrole nitrogens is 1. The van der Waals surface area contributed by atoms with E-state index < -0.39 is 23.8 Å². The number of carboxylic acids is 1. The highest BCUT2D eigenvalue weighted by atomic mass is 32.2. The lowest BCUT2D eigenvalue weighted by atomic mass is 9.68. The van der Waals surface area contributed by atoms with E-state index in [1.807, 2.05) is 38.1 Å². The number of benzene rings is 1. The number of rotatable bonds is 6. The van der Waals surface area contributed by atoms with Gasteiger partial charge in [0.05, 0.1) is 24.0 Å². The first kappa shape index (κ1) is 23.8. The van der Waals surface area contributed by atoms with Crippen molar-refractivity contribution in [1.82, 2.24) is 9.88 Å². The summed E-state index contributed by atoms with van der Waals surface area (Å²) in [6, 6.07) is 6.73.